The minimum absolute atomic E-state index is 0.959. The maximum Gasteiger partial charge on any atom is 0.0470 e. The molecule has 7 rings (SSSR count). The van der Waals surface area contributed by atoms with E-state index in [0.717, 1.165) is 45.8 Å². The van der Waals surface area contributed by atoms with Gasteiger partial charge in [-0.25, -0.2) is 0 Å². The Hall–Kier alpha value is -5.35. The molecule has 6 aromatic carbocycles. The van der Waals surface area contributed by atoms with Crippen LogP contribution in [0.25, 0.3) is 48.7 Å². The van der Waals surface area contributed by atoms with Gasteiger partial charge >= 0.3 is 0 Å². The number of fused-ring (bicyclic) bond motifs is 1. The minimum Gasteiger partial charge on any atom is -0.355 e. The molecule has 1 heterocycles. The van der Waals surface area contributed by atoms with E-state index >= 15 is 0 Å². The molecule has 0 saturated heterocycles. The molecule has 0 unspecified atom stereocenters. The van der Waals surface area contributed by atoms with Crippen molar-refractivity contribution in [3.8, 4) is 20.9 Å². The smallest absolute Gasteiger partial charge is 0.0470 e. The van der Waals surface area contributed by atoms with E-state index in [2.05, 4.69) is 182 Å². The summed E-state index contributed by atoms with van der Waals surface area (Å²) in [6, 6.07) is 55.1. The number of anilines is 2. The van der Waals surface area contributed by atoms with E-state index in [0.29, 0.717) is 0 Å². The summed E-state index contributed by atoms with van der Waals surface area (Å²) in [7, 11) is 0. The summed E-state index contributed by atoms with van der Waals surface area (Å²) in [5.41, 5.74) is 9.56. The average Bonchev–Trinajstić information content (AvgIpc) is 3.72. The summed E-state index contributed by atoms with van der Waals surface area (Å²) in [5.74, 6) is 0. The third-order valence-corrected chi connectivity index (χ3v) is 10.1. The SMILES string of the molecule is C=Cc1c(/C=C\C)cc(Nc2ccc(CC/C=C(\S)c3ccccc3)cc2)c2ccccc12.CC.c1ccc(-c2ccc(-c3ccccc3)s2)cc1. The van der Waals surface area contributed by atoms with Gasteiger partial charge in [-0.3, -0.25) is 0 Å². The maximum atomic E-state index is 4.64. The van der Waals surface area contributed by atoms with E-state index in [4.69, 9.17) is 0 Å². The zero-order valence-electron chi connectivity index (χ0n) is 30.3. The van der Waals surface area contributed by atoms with Gasteiger partial charge in [-0.2, -0.15) is 0 Å². The molecule has 1 aromatic heterocycles. The van der Waals surface area contributed by atoms with E-state index in [9.17, 15) is 0 Å². The van der Waals surface area contributed by atoms with E-state index < -0.39 is 0 Å². The van der Waals surface area contributed by atoms with Gasteiger partial charge in [-0.1, -0.05) is 172 Å². The van der Waals surface area contributed by atoms with Gasteiger partial charge in [0.25, 0.3) is 0 Å². The van der Waals surface area contributed by atoms with E-state index in [1.165, 1.54) is 37.2 Å². The monoisotopic (exact) mass is 713 g/mol. The van der Waals surface area contributed by atoms with Crippen molar-refractivity contribution in [2.75, 3.05) is 5.32 Å². The van der Waals surface area contributed by atoms with Gasteiger partial charge in [-0.05, 0) is 88.9 Å². The van der Waals surface area contributed by atoms with Crippen molar-refractivity contribution in [2.45, 2.75) is 33.6 Å². The van der Waals surface area contributed by atoms with Crippen LogP contribution in [0.5, 0.6) is 0 Å². The summed E-state index contributed by atoms with van der Waals surface area (Å²) in [6.45, 7) is 10.1. The number of benzene rings is 6. The number of thiol groups is 1. The molecule has 52 heavy (non-hydrogen) atoms. The summed E-state index contributed by atoms with van der Waals surface area (Å²) in [6.07, 6.45) is 10.3. The summed E-state index contributed by atoms with van der Waals surface area (Å²) in [5, 5.41) is 6.02. The summed E-state index contributed by atoms with van der Waals surface area (Å²) in [4.78, 5) is 3.68. The molecule has 0 aliphatic carbocycles. The molecule has 260 valence electrons. The lowest BCUT2D eigenvalue weighted by molar-refractivity contribution is 1.01. The first kappa shape index (κ1) is 37.9. The van der Waals surface area contributed by atoms with Crippen molar-refractivity contribution in [1.82, 2.24) is 0 Å². The Balaban J connectivity index is 0.000000229. The molecule has 3 heteroatoms. The van der Waals surface area contributed by atoms with Gasteiger partial charge in [0.1, 0.15) is 0 Å². The van der Waals surface area contributed by atoms with E-state index in [1.807, 2.05) is 56.4 Å². The number of hydrogen-bond donors (Lipinski definition) is 2. The van der Waals surface area contributed by atoms with Crippen LogP contribution in [-0.4, -0.2) is 0 Å². The van der Waals surface area contributed by atoms with Crippen LogP contribution in [0, 0.1) is 0 Å². The first-order chi connectivity index (χ1) is 25.6. The average molecular weight is 714 g/mol. The summed E-state index contributed by atoms with van der Waals surface area (Å²) >= 11 is 6.48. The van der Waals surface area contributed by atoms with Crippen LogP contribution in [0.2, 0.25) is 0 Å². The fraction of sp³-hybridized carbons (Fsp3) is 0.102. The van der Waals surface area contributed by atoms with E-state index in [1.54, 1.807) is 0 Å². The highest BCUT2D eigenvalue weighted by Gasteiger charge is 2.09. The Morgan fingerprint density at radius 1 is 0.673 bits per heavy atom. The predicted molar refractivity (Wildman–Crippen MR) is 237 cm³/mol. The fourth-order valence-corrected chi connectivity index (χ4v) is 7.23. The molecule has 7 aromatic rings. The molecule has 1 N–H and O–H groups in total. The second-order valence-electron chi connectivity index (χ2n) is 11.9. The van der Waals surface area contributed by atoms with Crippen LogP contribution in [-0.2, 0) is 6.42 Å². The number of aryl methyl sites for hydroxylation is 1. The molecule has 0 fully saturated rings. The van der Waals surface area contributed by atoms with Crippen LogP contribution in [0.1, 0.15) is 49.4 Å². The van der Waals surface area contributed by atoms with Gasteiger partial charge < -0.3 is 5.32 Å². The fourth-order valence-electron chi connectivity index (χ4n) is 5.93. The van der Waals surface area contributed by atoms with Crippen molar-refractivity contribution in [1.29, 1.82) is 0 Å². The maximum absolute atomic E-state index is 4.64. The highest BCUT2D eigenvalue weighted by molar-refractivity contribution is 7.90. The Kier molecular flexibility index (Phi) is 14.5. The number of nitrogens with one attached hydrogen (secondary N) is 1. The van der Waals surface area contributed by atoms with Crippen molar-refractivity contribution >= 4 is 63.2 Å². The van der Waals surface area contributed by atoms with E-state index in [-0.39, 0.29) is 0 Å². The molecule has 0 amide bonds. The molecular formula is C49H47NS2. The molecule has 0 radical (unpaired) electrons. The molecule has 0 spiro atoms. The number of hydrogen-bond acceptors (Lipinski definition) is 3. The van der Waals surface area contributed by atoms with Crippen LogP contribution < -0.4 is 5.32 Å². The zero-order valence-corrected chi connectivity index (χ0v) is 32.0. The van der Waals surface area contributed by atoms with Gasteiger partial charge in [0, 0.05) is 31.4 Å². The summed E-state index contributed by atoms with van der Waals surface area (Å²) < 4.78 is 0. The second-order valence-corrected chi connectivity index (χ2v) is 13.5. The standard InChI is InChI=1S/C31H29NS.C16H12S.C2H6/c1-3-11-25-22-30(29-16-9-8-15-28(29)27(25)4-2)32-26-20-18-23(19-21-26)12-10-17-31(33)24-13-6-5-7-14-24;1-3-7-13(8-4-1)15-11-12-16(17-15)14-9-5-2-6-10-14;1-2/h3-9,11,13-22,32-33H,2,10,12H2,1H3;1-12H;1-2H3/b11-3-,31-17-;;. The topological polar surface area (TPSA) is 12.0 Å². The Morgan fingerprint density at radius 3 is 1.77 bits per heavy atom. The van der Waals surface area contributed by atoms with Gasteiger partial charge in [0.05, 0.1) is 0 Å². The predicted octanol–water partition coefficient (Wildman–Crippen LogP) is 15.3. The van der Waals surface area contributed by atoms with Crippen molar-refractivity contribution in [3.63, 3.8) is 0 Å². The lowest BCUT2D eigenvalue weighted by Gasteiger charge is -2.15. The van der Waals surface area contributed by atoms with Crippen molar-refractivity contribution in [3.05, 3.63) is 199 Å². The number of thiophene rings is 1. The molecule has 0 bridgehead atoms. The largest absolute Gasteiger partial charge is 0.355 e. The lowest BCUT2D eigenvalue weighted by atomic mass is 9.96. The Morgan fingerprint density at radius 2 is 1.21 bits per heavy atom. The van der Waals surface area contributed by atoms with Crippen molar-refractivity contribution in [2.24, 2.45) is 0 Å². The highest BCUT2D eigenvalue weighted by Crippen LogP contribution is 2.35. The first-order valence-corrected chi connectivity index (χ1v) is 19.2. The minimum atomic E-state index is 0.959. The first-order valence-electron chi connectivity index (χ1n) is 17.9. The van der Waals surface area contributed by atoms with Gasteiger partial charge in [0.15, 0.2) is 0 Å². The van der Waals surface area contributed by atoms with Crippen LogP contribution in [0.3, 0.4) is 0 Å². The van der Waals surface area contributed by atoms with Crippen LogP contribution in [0.4, 0.5) is 11.4 Å². The van der Waals surface area contributed by atoms with Gasteiger partial charge in [-0.15, -0.1) is 24.0 Å². The molecule has 1 nitrogen and oxygen atoms in total. The van der Waals surface area contributed by atoms with Crippen LogP contribution >= 0.6 is 24.0 Å². The second kappa shape index (κ2) is 19.9. The zero-order chi connectivity index (χ0) is 36.5. The molecular weight excluding hydrogens is 667 g/mol. The Labute approximate surface area is 320 Å². The lowest BCUT2D eigenvalue weighted by Crippen LogP contribution is -1.95. The number of allylic oxidation sites excluding steroid dienone is 2. The normalized spacial score (nSPS) is 11.0. The highest BCUT2D eigenvalue weighted by atomic mass is 32.1. The van der Waals surface area contributed by atoms with Crippen LogP contribution in [0.15, 0.2) is 176 Å². The molecule has 0 atom stereocenters. The molecule has 0 saturated carbocycles. The molecule has 0 aliphatic rings. The Bertz CT molecular complexity index is 2140. The third-order valence-electron chi connectivity index (χ3n) is 8.46. The van der Waals surface area contributed by atoms with Gasteiger partial charge in [0.2, 0.25) is 0 Å². The quantitative estimate of drug-likeness (QED) is 0.135. The van der Waals surface area contributed by atoms with Crippen molar-refractivity contribution < 1.29 is 0 Å². The molecule has 0 aliphatic heterocycles. The third kappa shape index (κ3) is 10.1. The number of rotatable bonds is 10.